The molecule has 162 valence electrons. The fourth-order valence-corrected chi connectivity index (χ4v) is 4.90. The van der Waals surface area contributed by atoms with E-state index in [9.17, 15) is 18.0 Å². The monoisotopic (exact) mass is 460 g/mol. The van der Waals surface area contributed by atoms with Crippen molar-refractivity contribution < 1.29 is 18.0 Å². The van der Waals surface area contributed by atoms with Gasteiger partial charge in [0.05, 0.1) is 15.6 Å². The second-order valence-corrected chi connectivity index (χ2v) is 9.42. The van der Waals surface area contributed by atoms with Crippen molar-refractivity contribution in [1.82, 2.24) is 4.72 Å². The van der Waals surface area contributed by atoms with Gasteiger partial charge in [0.2, 0.25) is 5.91 Å². The summed E-state index contributed by atoms with van der Waals surface area (Å²) in [5, 5.41) is 3.09. The summed E-state index contributed by atoms with van der Waals surface area (Å²) in [5.74, 6) is -0.0245. The van der Waals surface area contributed by atoms with E-state index in [0.29, 0.717) is 53.7 Å². The number of nitrogens with zero attached hydrogens (tertiary/aromatic N) is 2. The van der Waals surface area contributed by atoms with E-state index in [-0.39, 0.29) is 10.8 Å². The second-order valence-electron chi connectivity index (χ2n) is 7.33. The molecule has 2 amide bonds. The van der Waals surface area contributed by atoms with Crippen molar-refractivity contribution in [2.24, 2.45) is 4.99 Å². The molecule has 0 atom stereocenters. The topological polar surface area (TPSA) is 108 Å². The summed E-state index contributed by atoms with van der Waals surface area (Å²) in [6, 6.07) is 10.7. The fraction of sp³-hybridized carbons (Fsp3) is 0.286. The maximum Gasteiger partial charge on any atom is 0.262 e. The molecule has 2 aromatic rings. The van der Waals surface area contributed by atoms with Crippen LogP contribution in [0.1, 0.15) is 36.0 Å². The Kier molecular flexibility index (Phi) is 5.97. The van der Waals surface area contributed by atoms with E-state index in [1.807, 2.05) is 0 Å². The number of aliphatic imine (C=N–C) groups is 1. The van der Waals surface area contributed by atoms with E-state index in [1.54, 1.807) is 35.2 Å². The highest BCUT2D eigenvalue weighted by Gasteiger charge is 2.25. The molecule has 0 saturated carbocycles. The predicted molar refractivity (Wildman–Crippen MR) is 119 cm³/mol. The van der Waals surface area contributed by atoms with Crippen LogP contribution in [0.5, 0.6) is 0 Å². The molecule has 2 aliphatic rings. The van der Waals surface area contributed by atoms with Gasteiger partial charge in [0.25, 0.3) is 15.9 Å². The minimum absolute atomic E-state index is 0.0272. The molecule has 10 heteroatoms. The Hall–Kier alpha value is -2.91. The van der Waals surface area contributed by atoms with Crippen LogP contribution in [0.15, 0.2) is 52.4 Å². The maximum absolute atomic E-state index is 12.8. The van der Waals surface area contributed by atoms with Gasteiger partial charge >= 0.3 is 0 Å². The SMILES string of the molecule is O=C(Nc1cccc(S(=O)(=O)NC2=NCCC2)c1)c1ccc(Cl)c(N2CCCC2=O)c1. The van der Waals surface area contributed by atoms with Gasteiger partial charge in [-0.25, -0.2) is 8.42 Å². The molecule has 31 heavy (non-hydrogen) atoms. The molecule has 0 unspecified atom stereocenters. The normalized spacial score (nSPS) is 16.4. The van der Waals surface area contributed by atoms with E-state index in [1.165, 1.54) is 12.1 Å². The van der Waals surface area contributed by atoms with Gasteiger partial charge < -0.3 is 10.2 Å². The third-order valence-electron chi connectivity index (χ3n) is 5.10. The number of carbonyl (C=O) groups is 2. The van der Waals surface area contributed by atoms with Crippen LogP contribution < -0.4 is 14.9 Å². The molecule has 0 radical (unpaired) electrons. The first-order chi connectivity index (χ1) is 14.8. The Bertz CT molecular complexity index is 1180. The maximum atomic E-state index is 12.8. The lowest BCUT2D eigenvalue weighted by Crippen LogP contribution is -2.29. The van der Waals surface area contributed by atoms with Crippen molar-refractivity contribution in [3.63, 3.8) is 0 Å². The van der Waals surface area contributed by atoms with Crippen molar-refractivity contribution in [2.45, 2.75) is 30.6 Å². The Balaban J connectivity index is 1.53. The molecule has 2 aliphatic heterocycles. The largest absolute Gasteiger partial charge is 0.322 e. The smallest absolute Gasteiger partial charge is 0.262 e. The summed E-state index contributed by atoms with van der Waals surface area (Å²) in [6.45, 7) is 1.17. The zero-order valence-electron chi connectivity index (χ0n) is 16.6. The average Bonchev–Trinajstić information content (AvgIpc) is 3.40. The Morgan fingerprint density at radius 3 is 2.65 bits per heavy atom. The molecule has 0 spiro atoms. The number of hydrogen-bond acceptors (Lipinski definition) is 5. The van der Waals surface area contributed by atoms with Crippen molar-refractivity contribution in [3.8, 4) is 0 Å². The summed E-state index contributed by atoms with van der Waals surface area (Å²) >= 11 is 6.24. The van der Waals surface area contributed by atoms with Gasteiger partial charge in [0.1, 0.15) is 5.84 Å². The molecule has 4 rings (SSSR count). The first-order valence-corrected chi connectivity index (χ1v) is 11.8. The van der Waals surface area contributed by atoms with Crippen LogP contribution in [-0.4, -0.2) is 39.2 Å². The van der Waals surface area contributed by atoms with Crippen molar-refractivity contribution in [3.05, 3.63) is 53.1 Å². The van der Waals surface area contributed by atoms with E-state index >= 15 is 0 Å². The molecule has 2 N–H and O–H groups in total. The third-order valence-corrected chi connectivity index (χ3v) is 6.80. The minimum Gasteiger partial charge on any atom is -0.322 e. The van der Waals surface area contributed by atoms with Crippen molar-refractivity contribution >= 4 is 50.6 Å². The standard InChI is InChI=1S/C21H21ClN4O4S/c22-17-9-8-14(12-18(17)26-11-3-7-20(26)27)21(28)24-15-4-1-5-16(13-15)31(29,30)25-19-6-2-10-23-19/h1,4-5,8-9,12-13H,2-3,6-7,10-11H2,(H,23,25)(H,24,28). The number of anilines is 2. The van der Waals surface area contributed by atoms with Gasteiger partial charge in [-0.2, -0.15) is 0 Å². The average molecular weight is 461 g/mol. The summed E-state index contributed by atoms with van der Waals surface area (Å²) < 4.78 is 27.7. The Morgan fingerprint density at radius 1 is 1.10 bits per heavy atom. The molecule has 1 saturated heterocycles. The number of carbonyl (C=O) groups excluding carboxylic acids is 2. The lowest BCUT2D eigenvalue weighted by Gasteiger charge is -2.18. The Morgan fingerprint density at radius 2 is 1.94 bits per heavy atom. The second kappa shape index (κ2) is 8.68. The molecule has 2 aromatic carbocycles. The molecule has 0 aliphatic carbocycles. The number of rotatable bonds is 5. The lowest BCUT2D eigenvalue weighted by molar-refractivity contribution is -0.117. The highest BCUT2D eigenvalue weighted by atomic mass is 35.5. The van der Waals surface area contributed by atoms with Crippen LogP contribution in [-0.2, 0) is 14.8 Å². The number of amidine groups is 1. The number of nitrogens with one attached hydrogen (secondary N) is 2. The van der Waals surface area contributed by atoms with Crippen LogP contribution in [0.25, 0.3) is 0 Å². The van der Waals surface area contributed by atoms with Crippen molar-refractivity contribution in [2.75, 3.05) is 23.3 Å². The van der Waals surface area contributed by atoms with Gasteiger partial charge in [-0.15, -0.1) is 0 Å². The fourth-order valence-electron chi connectivity index (χ4n) is 3.54. The van der Waals surface area contributed by atoms with Crippen LogP contribution >= 0.6 is 11.6 Å². The summed E-state index contributed by atoms with van der Waals surface area (Å²) in [6.07, 6.45) is 2.61. The van der Waals surface area contributed by atoms with E-state index in [0.717, 1.165) is 12.8 Å². The van der Waals surface area contributed by atoms with Crippen LogP contribution in [0, 0.1) is 0 Å². The van der Waals surface area contributed by atoms with E-state index in [2.05, 4.69) is 15.0 Å². The van der Waals surface area contributed by atoms with Crippen molar-refractivity contribution in [1.29, 1.82) is 0 Å². The minimum atomic E-state index is -3.79. The molecular weight excluding hydrogens is 440 g/mol. The molecule has 0 bridgehead atoms. The number of sulfonamides is 1. The van der Waals surface area contributed by atoms with Gasteiger partial charge in [0.15, 0.2) is 0 Å². The molecule has 0 aromatic heterocycles. The highest BCUT2D eigenvalue weighted by molar-refractivity contribution is 7.90. The van der Waals surface area contributed by atoms with Crippen LogP contribution in [0.3, 0.4) is 0 Å². The number of halogens is 1. The van der Waals surface area contributed by atoms with Gasteiger partial charge in [-0.05, 0) is 49.2 Å². The summed E-state index contributed by atoms with van der Waals surface area (Å²) in [4.78, 5) is 30.6. The first-order valence-electron chi connectivity index (χ1n) is 9.91. The van der Waals surface area contributed by atoms with Gasteiger partial charge in [0, 0.05) is 37.2 Å². The van der Waals surface area contributed by atoms with E-state index < -0.39 is 15.9 Å². The lowest BCUT2D eigenvalue weighted by atomic mass is 10.1. The van der Waals surface area contributed by atoms with Crippen LogP contribution in [0.2, 0.25) is 5.02 Å². The van der Waals surface area contributed by atoms with Gasteiger partial charge in [-0.3, -0.25) is 19.3 Å². The third kappa shape index (κ3) is 4.72. The van der Waals surface area contributed by atoms with E-state index in [4.69, 9.17) is 11.6 Å². The molecule has 1 fully saturated rings. The van der Waals surface area contributed by atoms with Gasteiger partial charge in [-0.1, -0.05) is 17.7 Å². The number of amides is 2. The molecular formula is C21H21ClN4O4S. The molecule has 2 heterocycles. The molecule has 8 nitrogen and oxygen atoms in total. The number of benzene rings is 2. The summed E-state index contributed by atoms with van der Waals surface area (Å²) in [5.41, 5.74) is 1.13. The quantitative estimate of drug-likeness (QED) is 0.714. The zero-order valence-corrected chi connectivity index (χ0v) is 18.2. The number of hydrogen-bond donors (Lipinski definition) is 2. The summed E-state index contributed by atoms with van der Waals surface area (Å²) in [7, 11) is -3.79. The van der Waals surface area contributed by atoms with Crippen LogP contribution in [0.4, 0.5) is 11.4 Å². The first kappa shape index (κ1) is 21.3. The Labute approximate surface area is 185 Å². The highest BCUT2D eigenvalue weighted by Crippen LogP contribution is 2.30. The zero-order chi connectivity index (χ0) is 22.0. The predicted octanol–water partition coefficient (Wildman–Crippen LogP) is 3.19.